The minimum Gasteiger partial charge on any atom is -0.273 e. The molecule has 5 nitrogen and oxygen atoms in total. The van der Waals surface area contributed by atoms with Crippen LogP contribution in [0.4, 0.5) is 4.79 Å². The van der Waals surface area contributed by atoms with Crippen LogP contribution in [-0.2, 0) is 9.59 Å². The van der Waals surface area contributed by atoms with Gasteiger partial charge in [-0.05, 0) is 23.8 Å². The summed E-state index contributed by atoms with van der Waals surface area (Å²) in [6, 6.07) is 5.92. The number of rotatable bonds is 1. The zero-order valence-electron chi connectivity index (χ0n) is 9.44. The van der Waals surface area contributed by atoms with Crippen LogP contribution in [0.1, 0.15) is 5.56 Å². The molecule has 6 heteroatoms. The van der Waals surface area contributed by atoms with E-state index in [1.807, 2.05) is 0 Å². The van der Waals surface area contributed by atoms with Gasteiger partial charge < -0.3 is 0 Å². The number of likely N-dealkylation sites (N-methyl/N-ethyl adjacent to an activating group) is 1. The van der Waals surface area contributed by atoms with E-state index in [-0.39, 0.29) is 5.57 Å². The Kier molecular flexibility index (Phi) is 3.16. The normalized spacial score (nSPS) is 18.2. The molecule has 0 bridgehead atoms. The topological polar surface area (TPSA) is 66.5 Å². The largest absolute Gasteiger partial charge is 0.331 e. The average molecular weight is 265 g/mol. The summed E-state index contributed by atoms with van der Waals surface area (Å²) in [4.78, 5) is 35.4. The second-order valence-electron chi connectivity index (χ2n) is 3.73. The van der Waals surface area contributed by atoms with Gasteiger partial charge in [0.1, 0.15) is 5.57 Å². The average Bonchev–Trinajstić information content (AvgIpc) is 2.34. The number of benzene rings is 1. The number of hydrogen-bond donors (Lipinski definition) is 1. The number of hydrogen-bond acceptors (Lipinski definition) is 3. The van der Waals surface area contributed by atoms with E-state index in [1.54, 1.807) is 24.3 Å². The molecule has 0 aliphatic carbocycles. The van der Waals surface area contributed by atoms with E-state index in [9.17, 15) is 14.4 Å². The van der Waals surface area contributed by atoms with Crippen LogP contribution in [0.5, 0.6) is 0 Å². The van der Waals surface area contributed by atoms with Gasteiger partial charge in [0.2, 0.25) is 0 Å². The molecule has 18 heavy (non-hydrogen) atoms. The molecule has 2 rings (SSSR count). The number of barbiturate groups is 1. The van der Waals surface area contributed by atoms with Gasteiger partial charge in [-0.3, -0.25) is 19.8 Å². The van der Waals surface area contributed by atoms with E-state index in [4.69, 9.17) is 11.6 Å². The zero-order valence-corrected chi connectivity index (χ0v) is 10.2. The second-order valence-corrected chi connectivity index (χ2v) is 4.17. The number of carbonyl (C=O) groups is 3. The third-order valence-electron chi connectivity index (χ3n) is 2.49. The maximum atomic E-state index is 11.8. The van der Waals surface area contributed by atoms with Crippen LogP contribution in [0, 0.1) is 0 Å². The molecule has 92 valence electrons. The van der Waals surface area contributed by atoms with Crippen LogP contribution >= 0.6 is 11.6 Å². The number of imide groups is 2. The van der Waals surface area contributed by atoms with Crippen molar-refractivity contribution in [2.45, 2.75) is 0 Å². The lowest BCUT2D eigenvalue weighted by Gasteiger charge is -2.22. The molecule has 0 atom stereocenters. The van der Waals surface area contributed by atoms with Crippen molar-refractivity contribution in [2.75, 3.05) is 7.05 Å². The smallest absolute Gasteiger partial charge is 0.273 e. The summed E-state index contributed by atoms with van der Waals surface area (Å²) in [7, 11) is 1.31. The quantitative estimate of drug-likeness (QED) is 0.616. The van der Waals surface area contributed by atoms with Crippen LogP contribution in [0.3, 0.4) is 0 Å². The number of halogens is 1. The molecule has 0 radical (unpaired) electrons. The highest BCUT2D eigenvalue weighted by Gasteiger charge is 2.32. The molecule has 1 aromatic carbocycles. The molecular formula is C12H9ClN2O3. The molecule has 1 aliphatic heterocycles. The summed E-state index contributed by atoms with van der Waals surface area (Å²) < 4.78 is 0. The first-order chi connectivity index (χ1) is 8.49. The van der Waals surface area contributed by atoms with E-state index >= 15 is 0 Å². The van der Waals surface area contributed by atoms with E-state index in [2.05, 4.69) is 5.32 Å². The maximum Gasteiger partial charge on any atom is 0.331 e. The molecule has 0 aromatic heterocycles. The lowest BCUT2D eigenvalue weighted by Crippen LogP contribution is -2.52. The zero-order chi connectivity index (χ0) is 13.3. The highest BCUT2D eigenvalue weighted by Crippen LogP contribution is 2.15. The minimum absolute atomic E-state index is 0.0839. The van der Waals surface area contributed by atoms with Crippen molar-refractivity contribution < 1.29 is 14.4 Å². The van der Waals surface area contributed by atoms with Crippen molar-refractivity contribution >= 4 is 35.5 Å². The molecule has 1 heterocycles. The van der Waals surface area contributed by atoms with Crippen molar-refractivity contribution in [1.29, 1.82) is 0 Å². The van der Waals surface area contributed by atoms with E-state index in [0.29, 0.717) is 10.6 Å². The monoisotopic (exact) mass is 264 g/mol. The molecule has 0 saturated carbocycles. The maximum absolute atomic E-state index is 11.8. The predicted octanol–water partition coefficient (Wildman–Crippen LogP) is 1.43. The fourth-order valence-electron chi connectivity index (χ4n) is 1.47. The fourth-order valence-corrected chi connectivity index (χ4v) is 1.60. The van der Waals surface area contributed by atoms with Crippen LogP contribution in [0.25, 0.3) is 6.08 Å². The number of nitrogens with one attached hydrogen (secondary N) is 1. The Hall–Kier alpha value is -2.14. The number of carbonyl (C=O) groups excluding carboxylic acids is 3. The number of urea groups is 1. The van der Waals surface area contributed by atoms with Gasteiger partial charge in [-0.15, -0.1) is 0 Å². The van der Waals surface area contributed by atoms with Crippen LogP contribution < -0.4 is 5.32 Å². The van der Waals surface area contributed by atoms with Gasteiger partial charge in [-0.2, -0.15) is 0 Å². The first kappa shape index (κ1) is 12.3. The van der Waals surface area contributed by atoms with Crippen molar-refractivity contribution in [1.82, 2.24) is 10.2 Å². The fraction of sp³-hybridized carbons (Fsp3) is 0.0833. The molecule has 1 fully saturated rings. The summed E-state index contributed by atoms with van der Waals surface area (Å²) in [5.41, 5.74) is 0.570. The second kappa shape index (κ2) is 4.62. The highest BCUT2D eigenvalue weighted by molar-refractivity contribution is 6.31. The third kappa shape index (κ3) is 2.26. The molecule has 0 spiro atoms. The lowest BCUT2D eigenvalue weighted by atomic mass is 10.1. The summed E-state index contributed by atoms with van der Waals surface area (Å²) in [6.07, 6.45) is 1.41. The Morgan fingerprint density at radius 3 is 2.39 bits per heavy atom. The van der Waals surface area contributed by atoms with Crippen LogP contribution in [-0.4, -0.2) is 29.8 Å². The standard InChI is InChI=1S/C12H9ClN2O3/c1-15-11(17)9(10(16)14-12(15)18)6-7-2-4-8(13)5-3-7/h2-6H,1H3,(H,14,16,18)/b9-6+. The van der Waals surface area contributed by atoms with Gasteiger partial charge in [0, 0.05) is 12.1 Å². The van der Waals surface area contributed by atoms with Gasteiger partial charge in [0.05, 0.1) is 0 Å². The Labute approximate surface area is 108 Å². The predicted molar refractivity (Wildman–Crippen MR) is 65.7 cm³/mol. The lowest BCUT2D eigenvalue weighted by molar-refractivity contribution is -0.129. The van der Waals surface area contributed by atoms with E-state index < -0.39 is 17.8 Å². The highest BCUT2D eigenvalue weighted by atomic mass is 35.5. The van der Waals surface area contributed by atoms with Crippen LogP contribution in [0.2, 0.25) is 5.02 Å². The SMILES string of the molecule is CN1C(=O)NC(=O)/C(=C\c2ccc(Cl)cc2)C1=O. The first-order valence-electron chi connectivity index (χ1n) is 5.09. The van der Waals surface area contributed by atoms with Gasteiger partial charge in [0.25, 0.3) is 11.8 Å². The Balaban J connectivity index is 2.37. The summed E-state index contributed by atoms with van der Waals surface area (Å²) in [5, 5.41) is 2.63. The third-order valence-corrected chi connectivity index (χ3v) is 2.74. The van der Waals surface area contributed by atoms with Crippen molar-refractivity contribution in [3.8, 4) is 0 Å². The molecule has 1 aromatic rings. The Morgan fingerprint density at radius 2 is 1.78 bits per heavy atom. The summed E-state index contributed by atoms with van der Waals surface area (Å²) in [6.45, 7) is 0. The summed E-state index contributed by atoms with van der Waals surface area (Å²) in [5.74, 6) is -1.32. The van der Waals surface area contributed by atoms with Crippen molar-refractivity contribution in [2.24, 2.45) is 0 Å². The van der Waals surface area contributed by atoms with E-state index in [1.165, 1.54) is 13.1 Å². The number of nitrogens with zero attached hydrogens (tertiary/aromatic N) is 1. The Bertz CT molecular complexity index is 563. The van der Waals surface area contributed by atoms with Crippen LogP contribution in [0.15, 0.2) is 29.8 Å². The molecule has 1 N–H and O–H groups in total. The van der Waals surface area contributed by atoms with E-state index in [0.717, 1.165) is 4.90 Å². The van der Waals surface area contributed by atoms with Crippen molar-refractivity contribution in [3.63, 3.8) is 0 Å². The minimum atomic E-state index is -0.724. The number of amides is 4. The van der Waals surface area contributed by atoms with Gasteiger partial charge in [-0.1, -0.05) is 23.7 Å². The molecule has 1 aliphatic rings. The first-order valence-corrected chi connectivity index (χ1v) is 5.47. The van der Waals surface area contributed by atoms with Crippen molar-refractivity contribution in [3.05, 3.63) is 40.4 Å². The Morgan fingerprint density at radius 1 is 1.17 bits per heavy atom. The molecule has 0 unspecified atom stereocenters. The van der Waals surface area contributed by atoms with Gasteiger partial charge in [-0.25, -0.2) is 4.79 Å². The molecule has 4 amide bonds. The molecule has 1 saturated heterocycles. The van der Waals surface area contributed by atoms with Gasteiger partial charge in [0.15, 0.2) is 0 Å². The summed E-state index contributed by atoms with van der Waals surface area (Å²) >= 11 is 5.73. The van der Waals surface area contributed by atoms with Gasteiger partial charge >= 0.3 is 6.03 Å². The molecular weight excluding hydrogens is 256 g/mol.